The minimum absolute atomic E-state index is 0.0812. The van der Waals surface area contributed by atoms with Gasteiger partial charge in [-0.1, -0.05) is 24.3 Å². The van der Waals surface area contributed by atoms with E-state index in [1.165, 1.54) is 37.4 Å². The lowest BCUT2D eigenvalue weighted by atomic mass is 10.2. The molecular formula is C17H15F2NO5. The molecule has 0 bridgehead atoms. The summed E-state index contributed by atoms with van der Waals surface area (Å²) in [5.74, 6) is -1.21. The van der Waals surface area contributed by atoms with E-state index in [0.29, 0.717) is 0 Å². The molecule has 0 unspecified atom stereocenters. The summed E-state index contributed by atoms with van der Waals surface area (Å²) in [5, 5.41) is 2.41. The van der Waals surface area contributed by atoms with Gasteiger partial charge in [-0.15, -0.1) is 0 Å². The second-order valence-corrected chi connectivity index (χ2v) is 4.70. The fraction of sp³-hybridized carbons (Fsp3) is 0.176. The van der Waals surface area contributed by atoms with E-state index in [1.54, 1.807) is 18.2 Å². The smallest absolute Gasteiger partial charge is 0.387 e. The SMILES string of the molecule is COC(=O)c1ccccc1OCC(=O)Nc1ccccc1OC(F)F. The van der Waals surface area contributed by atoms with Crippen LogP contribution < -0.4 is 14.8 Å². The maximum atomic E-state index is 12.4. The standard InChI is InChI=1S/C17H15F2NO5/c1-23-16(22)11-6-2-4-8-13(11)24-10-15(21)20-12-7-3-5-9-14(12)25-17(18)19/h2-9,17H,10H2,1H3,(H,20,21). The van der Waals surface area contributed by atoms with Crippen molar-refractivity contribution in [2.24, 2.45) is 0 Å². The number of carbonyl (C=O) groups excluding carboxylic acids is 2. The molecule has 0 saturated carbocycles. The number of carbonyl (C=O) groups is 2. The van der Waals surface area contributed by atoms with E-state index in [0.717, 1.165) is 0 Å². The summed E-state index contributed by atoms with van der Waals surface area (Å²) in [7, 11) is 1.23. The summed E-state index contributed by atoms with van der Waals surface area (Å²) in [4.78, 5) is 23.6. The van der Waals surface area contributed by atoms with E-state index in [9.17, 15) is 18.4 Å². The fourth-order valence-corrected chi connectivity index (χ4v) is 1.97. The van der Waals surface area contributed by atoms with Crippen LogP contribution in [0.25, 0.3) is 0 Å². The minimum atomic E-state index is -3.01. The summed E-state index contributed by atoms with van der Waals surface area (Å²) < 4.78 is 39.0. The third-order valence-corrected chi connectivity index (χ3v) is 3.03. The predicted molar refractivity (Wildman–Crippen MR) is 85.0 cm³/mol. The van der Waals surface area contributed by atoms with Gasteiger partial charge in [0.25, 0.3) is 5.91 Å². The van der Waals surface area contributed by atoms with Crippen molar-refractivity contribution in [3.8, 4) is 11.5 Å². The van der Waals surface area contributed by atoms with Crippen molar-refractivity contribution in [3.05, 3.63) is 54.1 Å². The molecule has 0 atom stereocenters. The lowest BCUT2D eigenvalue weighted by molar-refractivity contribution is -0.118. The molecule has 0 aliphatic heterocycles. The van der Waals surface area contributed by atoms with Crippen LogP contribution in [0.4, 0.5) is 14.5 Å². The Balaban J connectivity index is 2.02. The lowest BCUT2D eigenvalue weighted by Gasteiger charge is -2.13. The Morgan fingerprint density at radius 2 is 1.68 bits per heavy atom. The Labute approximate surface area is 142 Å². The van der Waals surface area contributed by atoms with Gasteiger partial charge in [0.2, 0.25) is 0 Å². The van der Waals surface area contributed by atoms with Gasteiger partial charge in [-0.25, -0.2) is 4.79 Å². The number of methoxy groups -OCH3 is 1. The second kappa shape index (κ2) is 8.62. The molecule has 132 valence electrons. The normalized spacial score (nSPS) is 10.2. The molecule has 0 saturated heterocycles. The number of alkyl halides is 2. The van der Waals surface area contributed by atoms with Crippen LogP contribution in [0.15, 0.2) is 48.5 Å². The lowest BCUT2D eigenvalue weighted by Crippen LogP contribution is -2.21. The number of rotatable bonds is 7. The first-order valence-corrected chi connectivity index (χ1v) is 7.15. The van der Waals surface area contributed by atoms with Crippen LogP contribution in [0.1, 0.15) is 10.4 Å². The highest BCUT2D eigenvalue weighted by atomic mass is 19.3. The molecule has 2 aromatic carbocycles. The number of amides is 1. The highest BCUT2D eigenvalue weighted by Crippen LogP contribution is 2.25. The van der Waals surface area contributed by atoms with Crippen molar-refractivity contribution < 1.29 is 32.6 Å². The molecule has 6 nitrogen and oxygen atoms in total. The molecular weight excluding hydrogens is 336 g/mol. The zero-order chi connectivity index (χ0) is 18.2. The number of para-hydroxylation sites is 3. The molecule has 1 N–H and O–H groups in total. The Morgan fingerprint density at radius 3 is 2.36 bits per heavy atom. The van der Waals surface area contributed by atoms with Crippen molar-refractivity contribution in [1.82, 2.24) is 0 Å². The number of benzene rings is 2. The first-order chi connectivity index (χ1) is 12.0. The van der Waals surface area contributed by atoms with E-state index >= 15 is 0 Å². The van der Waals surface area contributed by atoms with Gasteiger partial charge in [0.05, 0.1) is 12.8 Å². The van der Waals surface area contributed by atoms with Gasteiger partial charge >= 0.3 is 12.6 Å². The third kappa shape index (κ3) is 5.17. The summed E-state index contributed by atoms with van der Waals surface area (Å²) in [5.41, 5.74) is 0.247. The molecule has 0 aliphatic carbocycles. The molecule has 0 radical (unpaired) electrons. The number of hydrogen-bond acceptors (Lipinski definition) is 5. The van der Waals surface area contributed by atoms with Gasteiger partial charge in [-0.2, -0.15) is 8.78 Å². The van der Waals surface area contributed by atoms with Crippen LogP contribution in [0, 0.1) is 0 Å². The van der Waals surface area contributed by atoms with Crippen LogP contribution in [0.2, 0.25) is 0 Å². The highest BCUT2D eigenvalue weighted by molar-refractivity contribution is 5.94. The number of nitrogens with one attached hydrogen (secondary N) is 1. The van der Waals surface area contributed by atoms with Crippen LogP contribution in [-0.4, -0.2) is 32.2 Å². The Bertz CT molecular complexity index is 751. The van der Waals surface area contributed by atoms with Crippen LogP contribution in [-0.2, 0) is 9.53 Å². The summed E-state index contributed by atoms with van der Waals surface area (Å²) in [6.07, 6.45) is 0. The number of hydrogen-bond donors (Lipinski definition) is 1. The van der Waals surface area contributed by atoms with Crippen LogP contribution in [0.5, 0.6) is 11.5 Å². The van der Waals surface area contributed by atoms with Gasteiger partial charge in [0.1, 0.15) is 17.1 Å². The third-order valence-electron chi connectivity index (χ3n) is 3.03. The largest absolute Gasteiger partial charge is 0.483 e. The highest BCUT2D eigenvalue weighted by Gasteiger charge is 2.15. The predicted octanol–water partition coefficient (Wildman–Crippen LogP) is 3.09. The van der Waals surface area contributed by atoms with Gasteiger partial charge in [-0.05, 0) is 24.3 Å². The monoisotopic (exact) mass is 351 g/mol. The van der Waals surface area contributed by atoms with Gasteiger partial charge in [0.15, 0.2) is 6.61 Å². The van der Waals surface area contributed by atoms with E-state index in [-0.39, 0.29) is 22.7 Å². The molecule has 1 amide bonds. The van der Waals surface area contributed by atoms with Gasteiger partial charge < -0.3 is 19.5 Å². The van der Waals surface area contributed by atoms with E-state index in [2.05, 4.69) is 14.8 Å². The van der Waals surface area contributed by atoms with E-state index < -0.39 is 25.1 Å². The van der Waals surface area contributed by atoms with E-state index in [4.69, 9.17) is 4.74 Å². The number of halogens is 2. The number of anilines is 1. The Kier molecular flexibility index (Phi) is 6.27. The average Bonchev–Trinajstić information content (AvgIpc) is 2.61. The van der Waals surface area contributed by atoms with Crippen molar-refractivity contribution in [2.45, 2.75) is 6.61 Å². The Morgan fingerprint density at radius 1 is 1.04 bits per heavy atom. The molecule has 0 heterocycles. The van der Waals surface area contributed by atoms with Crippen molar-refractivity contribution >= 4 is 17.6 Å². The molecule has 0 spiro atoms. The maximum Gasteiger partial charge on any atom is 0.387 e. The maximum absolute atomic E-state index is 12.4. The molecule has 25 heavy (non-hydrogen) atoms. The zero-order valence-corrected chi connectivity index (χ0v) is 13.2. The van der Waals surface area contributed by atoms with Gasteiger partial charge in [-0.3, -0.25) is 4.79 Å². The quantitative estimate of drug-likeness (QED) is 0.776. The Hall–Kier alpha value is -3.16. The topological polar surface area (TPSA) is 73.9 Å². The fourth-order valence-electron chi connectivity index (χ4n) is 1.97. The first kappa shape index (κ1) is 18.2. The zero-order valence-electron chi connectivity index (χ0n) is 13.2. The molecule has 0 aromatic heterocycles. The van der Waals surface area contributed by atoms with Gasteiger partial charge in [0, 0.05) is 0 Å². The molecule has 8 heteroatoms. The van der Waals surface area contributed by atoms with Crippen LogP contribution >= 0.6 is 0 Å². The first-order valence-electron chi connectivity index (χ1n) is 7.15. The van der Waals surface area contributed by atoms with Crippen molar-refractivity contribution in [3.63, 3.8) is 0 Å². The number of ether oxygens (including phenoxy) is 3. The summed E-state index contributed by atoms with van der Waals surface area (Å²) >= 11 is 0. The van der Waals surface area contributed by atoms with E-state index in [1.807, 2.05) is 0 Å². The molecule has 2 aromatic rings. The number of esters is 1. The molecule has 0 fully saturated rings. The minimum Gasteiger partial charge on any atom is -0.483 e. The summed E-state index contributed by atoms with van der Waals surface area (Å²) in [6, 6.07) is 12.0. The second-order valence-electron chi connectivity index (χ2n) is 4.70. The molecule has 0 aliphatic rings. The molecule has 2 rings (SSSR count). The van der Waals surface area contributed by atoms with Crippen LogP contribution in [0.3, 0.4) is 0 Å². The van der Waals surface area contributed by atoms with Crippen molar-refractivity contribution in [2.75, 3.05) is 19.0 Å². The van der Waals surface area contributed by atoms with Crippen molar-refractivity contribution in [1.29, 1.82) is 0 Å². The summed E-state index contributed by atoms with van der Waals surface area (Å²) in [6.45, 7) is -3.45. The average molecular weight is 351 g/mol.